The van der Waals surface area contributed by atoms with Crippen LogP contribution in [0.3, 0.4) is 0 Å². The Kier molecular flexibility index (Phi) is 8.09. The van der Waals surface area contributed by atoms with Crippen molar-refractivity contribution in [1.82, 2.24) is 19.4 Å². The minimum atomic E-state index is -0.659. The molecule has 3 saturated heterocycles. The molecule has 1 N–H and O–H groups in total. The van der Waals surface area contributed by atoms with Crippen LogP contribution in [-0.4, -0.2) is 66.8 Å². The monoisotopic (exact) mass is 757 g/mol. The summed E-state index contributed by atoms with van der Waals surface area (Å²) < 4.78 is 25.4. The Morgan fingerprint density at radius 1 is 1.13 bits per heavy atom. The van der Waals surface area contributed by atoms with Crippen molar-refractivity contribution in [3.05, 3.63) is 63.1 Å². The summed E-state index contributed by atoms with van der Waals surface area (Å²) in [5.41, 5.74) is 3.11. The molecule has 0 spiro atoms. The van der Waals surface area contributed by atoms with Crippen molar-refractivity contribution >= 4 is 57.0 Å². The van der Waals surface area contributed by atoms with E-state index < -0.39 is 17.5 Å². The van der Waals surface area contributed by atoms with E-state index in [0.717, 1.165) is 42.3 Å². The van der Waals surface area contributed by atoms with E-state index in [4.69, 9.17) is 32.9 Å². The maximum absolute atomic E-state index is 17.3. The molecule has 9 nitrogen and oxygen atoms in total. The van der Waals surface area contributed by atoms with Crippen LogP contribution in [0.1, 0.15) is 88.3 Å². The van der Waals surface area contributed by atoms with Crippen molar-refractivity contribution in [2.45, 2.75) is 109 Å². The number of pyridine rings is 1. The van der Waals surface area contributed by atoms with Crippen molar-refractivity contribution in [1.29, 1.82) is 5.26 Å². The molecule has 2 aromatic heterocycles. The number of rotatable bonds is 6. The van der Waals surface area contributed by atoms with Crippen LogP contribution in [0.15, 0.2) is 30.3 Å². The Morgan fingerprint density at radius 2 is 1.91 bits per heavy atom. The van der Waals surface area contributed by atoms with Gasteiger partial charge in [-0.15, -0.1) is 0 Å². The molecular weight excluding hydrogens is 716 g/mol. The summed E-state index contributed by atoms with van der Waals surface area (Å²) in [7, 11) is 0. The largest absolute Gasteiger partial charge is 0.444 e. The summed E-state index contributed by atoms with van der Waals surface area (Å²) in [6, 6.07) is 10.6. The van der Waals surface area contributed by atoms with Gasteiger partial charge in [0.05, 0.1) is 45.9 Å². The molecule has 10 rings (SSSR count). The molecule has 3 aliphatic heterocycles. The number of likely N-dealkylation sites (tertiary alicyclic amines) is 1. The van der Waals surface area contributed by atoms with Crippen molar-refractivity contribution in [2.75, 3.05) is 6.54 Å². The van der Waals surface area contributed by atoms with Gasteiger partial charge < -0.3 is 24.2 Å². The number of piperidine rings is 1. The predicted octanol–water partition coefficient (Wildman–Crippen LogP) is 8.68. The van der Waals surface area contributed by atoms with Gasteiger partial charge in [-0.2, -0.15) is 5.26 Å². The van der Waals surface area contributed by atoms with Crippen molar-refractivity contribution < 1.29 is 23.8 Å². The molecule has 276 valence electrons. The molecule has 0 radical (unpaired) electrons. The molecule has 12 heteroatoms. The van der Waals surface area contributed by atoms with Gasteiger partial charge in [-0.05, 0) is 90.0 Å². The Bertz CT molecular complexity index is 2270. The molecule has 6 fully saturated rings. The molecule has 53 heavy (non-hydrogen) atoms. The molecule has 0 unspecified atom stereocenters. The van der Waals surface area contributed by atoms with E-state index in [-0.39, 0.29) is 82.9 Å². The molecule has 6 aliphatic rings. The van der Waals surface area contributed by atoms with Gasteiger partial charge >= 0.3 is 6.09 Å². The fourth-order valence-corrected chi connectivity index (χ4v) is 10.4. The topological polar surface area (TPSA) is 112 Å². The van der Waals surface area contributed by atoms with Gasteiger partial charge in [-0.3, -0.25) is 4.79 Å². The predicted molar refractivity (Wildman–Crippen MR) is 200 cm³/mol. The van der Waals surface area contributed by atoms with Crippen molar-refractivity contribution in [2.24, 2.45) is 17.8 Å². The Balaban J connectivity index is 1.30. The average molecular weight is 759 g/mol. The van der Waals surface area contributed by atoms with Crippen LogP contribution in [-0.2, 0) is 16.0 Å². The zero-order valence-electron chi connectivity index (χ0n) is 30.2. The highest BCUT2D eigenvalue weighted by Crippen LogP contribution is 2.58. The Hall–Kier alpha value is -3.91. The fourth-order valence-electron chi connectivity index (χ4n) is 9.97. The lowest BCUT2D eigenvalue weighted by Crippen LogP contribution is -2.47. The number of fused-ring (bicyclic) bond motifs is 6. The Labute approximate surface area is 317 Å². The maximum atomic E-state index is 17.3. The van der Waals surface area contributed by atoms with E-state index >= 15 is 4.39 Å². The standard InChI is InChI=1S/C41H42Cl2FN5O4/c1-19-25-17-30(38-26-15-23(16-31(26)50)48(38)39(51)20-10-11-20)49(36-22-14-29(36)47(18-22)40(52)53-41(2,3)4)37(25)27-13-21(7-6-12-45)32(34(44)35(27)46-19)24-8-5-9-28(42)33(24)43/h5,8-9,13,17,20,22-23,26,29,31,36,38,50H,6-7,10-11,14-16,18H2,1-4H3/t22-,23-,26+,29-,31-,36+,38-/m1/s1. The number of aromatic nitrogens is 2. The number of benzene rings is 2. The lowest BCUT2D eigenvalue weighted by atomic mass is 9.79. The summed E-state index contributed by atoms with van der Waals surface area (Å²) in [6.07, 6.45) is 3.36. The van der Waals surface area contributed by atoms with Crippen LogP contribution < -0.4 is 0 Å². The number of aryl methyl sites for hydroxylation is 2. The second-order valence-corrected chi connectivity index (χ2v) is 17.6. The summed E-state index contributed by atoms with van der Waals surface area (Å²) >= 11 is 13.1. The number of amides is 2. The number of ether oxygens (including phenoxy) is 1. The van der Waals surface area contributed by atoms with E-state index in [0.29, 0.717) is 40.2 Å². The van der Waals surface area contributed by atoms with E-state index in [1.165, 1.54) is 0 Å². The van der Waals surface area contributed by atoms with Gasteiger partial charge in [0.25, 0.3) is 0 Å². The van der Waals surface area contributed by atoms with Crippen molar-refractivity contribution in [3.63, 3.8) is 0 Å². The summed E-state index contributed by atoms with van der Waals surface area (Å²) in [4.78, 5) is 36.4. The Morgan fingerprint density at radius 3 is 2.62 bits per heavy atom. The van der Waals surface area contributed by atoms with E-state index in [2.05, 4.69) is 21.6 Å². The van der Waals surface area contributed by atoms with Crippen molar-refractivity contribution in [3.8, 4) is 17.2 Å². The minimum Gasteiger partial charge on any atom is -0.444 e. The van der Waals surface area contributed by atoms with E-state index in [1.54, 1.807) is 18.2 Å². The minimum absolute atomic E-state index is 0.00659. The van der Waals surface area contributed by atoms with Crippen LogP contribution in [0.25, 0.3) is 32.9 Å². The summed E-state index contributed by atoms with van der Waals surface area (Å²) in [6.45, 7) is 7.97. The van der Waals surface area contributed by atoms with Gasteiger partial charge in [0.2, 0.25) is 5.91 Å². The highest BCUT2D eigenvalue weighted by atomic mass is 35.5. The zero-order chi connectivity index (χ0) is 37.2. The van der Waals surface area contributed by atoms with Crippen LogP contribution >= 0.6 is 23.2 Å². The third kappa shape index (κ3) is 5.36. The summed E-state index contributed by atoms with van der Waals surface area (Å²) in [5.74, 6) is -0.442. The quantitative estimate of drug-likeness (QED) is 0.211. The molecule has 2 aromatic carbocycles. The second kappa shape index (κ2) is 12.3. The first-order valence-corrected chi connectivity index (χ1v) is 19.5. The fraction of sp³-hybridized carbons (Fsp3) is 0.512. The van der Waals surface area contributed by atoms with Gasteiger partial charge in [-0.25, -0.2) is 14.2 Å². The molecule has 3 aliphatic carbocycles. The van der Waals surface area contributed by atoms with Crippen LogP contribution in [0.4, 0.5) is 9.18 Å². The summed E-state index contributed by atoms with van der Waals surface area (Å²) in [5, 5.41) is 22.9. The van der Waals surface area contributed by atoms with Crippen LogP contribution in [0.5, 0.6) is 0 Å². The first-order valence-electron chi connectivity index (χ1n) is 18.7. The third-order valence-corrected chi connectivity index (χ3v) is 13.2. The highest BCUT2D eigenvalue weighted by molar-refractivity contribution is 6.43. The average Bonchev–Trinajstić information content (AvgIpc) is 3.39. The highest BCUT2D eigenvalue weighted by Gasteiger charge is 2.59. The van der Waals surface area contributed by atoms with Crippen LogP contribution in [0, 0.1) is 41.8 Å². The first-order chi connectivity index (χ1) is 25.3. The first kappa shape index (κ1) is 34.8. The van der Waals surface area contributed by atoms with E-state index in [1.807, 2.05) is 38.7 Å². The number of aliphatic hydroxyl groups is 1. The van der Waals surface area contributed by atoms with Gasteiger partial charge in [0, 0.05) is 70.0 Å². The molecule has 3 saturated carbocycles. The number of carbonyl (C=O) groups excluding carboxylic acids is 2. The molecule has 4 aromatic rings. The molecule has 7 atom stereocenters. The van der Waals surface area contributed by atoms with Gasteiger partial charge in [-0.1, -0.05) is 35.3 Å². The number of nitriles is 1. The van der Waals surface area contributed by atoms with Gasteiger partial charge in [0.15, 0.2) is 5.82 Å². The molecular formula is C41H42Cl2FN5O4. The molecule has 2 amide bonds. The third-order valence-electron chi connectivity index (χ3n) is 12.4. The van der Waals surface area contributed by atoms with E-state index in [9.17, 15) is 20.0 Å². The van der Waals surface area contributed by atoms with Crippen LogP contribution in [0.2, 0.25) is 10.0 Å². The van der Waals surface area contributed by atoms with Gasteiger partial charge in [0.1, 0.15) is 11.1 Å². The smallest absolute Gasteiger partial charge is 0.410 e. The number of hydrogen-bond acceptors (Lipinski definition) is 6. The lowest BCUT2D eigenvalue weighted by Gasteiger charge is -2.43. The maximum Gasteiger partial charge on any atom is 0.410 e. The second-order valence-electron chi connectivity index (χ2n) is 16.8. The number of nitrogens with zero attached hydrogens (tertiary/aromatic N) is 5. The normalized spacial score (nSPS) is 27.5. The number of hydrogen-bond donors (Lipinski definition) is 1. The molecule has 5 heterocycles. The number of halogens is 3. The number of carbonyl (C=O) groups is 2. The number of aliphatic hydroxyl groups excluding tert-OH is 1. The lowest BCUT2D eigenvalue weighted by molar-refractivity contribution is -0.139. The SMILES string of the molecule is Cc1nc2c(F)c(-c3cccc(Cl)c3Cl)c(CCC#N)cc2c2c1cc([C@H]1[C@H]3C[C@H](C[C@H]3O)N1C(=O)C1CC1)n2[C@H]1[C@@H]2C[C@H]1N(C(=O)OC(C)(C)C)C2. The zero-order valence-corrected chi connectivity index (χ0v) is 31.7. The molecule has 4 bridgehead atoms.